The van der Waals surface area contributed by atoms with Crippen molar-refractivity contribution in [1.82, 2.24) is 19.0 Å². The Morgan fingerprint density at radius 2 is 1.73 bits per heavy atom. The molecule has 37 heavy (non-hydrogen) atoms. The fourth-order valence-corrected chi connectivity index (χ4v) is 8.82. The molecule has 2 aliphatic rings. The van der Waals surface area contributed by atoms with Crippen LogP contribution in [0.4, 0.5) is 0 Å². The average Bonchev–Trinajstić information content (AvgIpc) is 3.40. The molecule has 3 heterocycles. The molecule has 0 spiro atoms. The van der Waals surface area contributed by atoms with Gasteiger partial charge >= 0.3 is 0 Å². The molecule has 2 saturated heterocycles. The van der Waals surface area contributed by atoms with Crippen LogP contribution < -0.4 is 5.48 Å². The Balaban J connectivity index is 0.00000380. The lowest BCUT2D eigenvalue weighted by molar-refractivity contribution is -0.134. The van der Waals surface area contributed by atoms with Crippen molar-refractivity contribution in [3.8, 4) is 10.4 Å². The van der Waals surface area contributed by atoms with Crippen molar-refractivity contribution < 1.29 is 31.6 Å². The molecule has 1 amide bonds. The van der Waals surface area contributed by atoms with Crippen LogP contribution in [0.1, 0.15) is 6.42 Å². The maximum atomic E-state index is 13.5. The molecule has 2 aromatic rings. The number of halogens is 1. The Morgan fingerprint density at radius 1 is 1.03 bits per heavy atom. The number of piperazine rings is 1. The summed E-state index contributed by atoms with van der Waals surface area (Å²) in [5, 5.41) is 9.27. The Labute approximate surface area is 227 Å². The van der Waals surface area contributed by atoms with Crippen LogP contribution in [0.25, 0.3) is 10.4 Å². The second kappa shape index (κ2) is 13.0. The van der Waals surface area contributed by atoms with Crippen molar-refractivity contribution in [3.63, 3.8) is 0 Å². The first-order chi connectivity index (χ1) is 17.2. The lowest BCUT2D eigenvalue weighted by Crippen LogP contribution is -2.61. The van der Waals surface area contributed by atoms with Gasteiger partial charge in [0.15, 0.2) is 0 Å². The molecular weight excluding hydrogens is 564 g/mol. The van der Waals surface area contributed by atoms with Crippen molar-refractivity contribution in [3.05, 3.63) is 42.5 Å². The number of ether oxygens (including phenoxy) is 1. The molecule has 2 N–H and O–H groups in total. The molecule has 1 aromatic heterocycles. The van der Waals surface area contributed by atoms with E-state index in [0.29, 0.717) is 26.2 Å². The third-order valence-corrected chi connectivity index (χ3v) is 11.7. The van der Waals surface area contributed by atoms with E-state index in [4.69, 9.17) is 4.74 Å². The maximum absolute atomic E-state index is 13.5. The minimum Gasteiger partial charge on any atom is -0.379 e. The van der Waals surface area contributed by atoms with Crippen molar-refractivity contribution in [2.45, 2.75) is 16.7 Å². The number of morpholine rings is 1. The first-order valence-electron chi connectivity index (χ1n) is 11.6. The number of nitrogens with zero attached hydrogens (tertiary/aromatic N) is 3. The fourth-order valence-electron chi connectivity index (χ4n) is 4.33. The van der Waals surface area contributed by atoms with Gasteiger partial charge in [0.2, 0.25) is 10.0 Å². The van der Waals surface area contributed by atoms with E-state index in [1.54, 1.807) is 6.07 Å². The van der Waals surface area contributed by atoms with Gasteiger partial charge in [0.05, 0.1) is 19.0 Å². The van der Waals surface area contributed by atoms with Gasteiger partial charge < -0.3 is 4.74 Å². The summed E-state index contributed by atoms with van der Waals surface area (Å²) in [6, 6.07) is 11.1. The van der Waals surface area contributed by atoms with E-state index in [9.17, 15) is 26.8 Å². The number of carbonyl (C=O) groups excluding carboxylic acids is 1. The molecule has 15 heteroatoms. The Morgan fingerprint density at radius 3 is 2.41 bits per heavy atom. The Bertz CT molecular complexity index is 1250. The van der Waals surface area contributed by atoms with Crippen LogP contribution in [0.5, 0.6) is 0 Å². The van der Waals surface area contributed by atoms with Crippen LogP contribution in [0, 0.1) is 0 Å². The summed E-state index contributed by atoms with van der Waals surface area (Å²) in [6.07, 6.45) is 0.412. The van der Waals surface area contributed by atoms with Gasteiger partial charge in [-0.3, -0.25) is 14.9 Å². The summed E-state index contributed by atoms with van der Waals surface area (Å²) in [5.41, 5.74) is 2.36. The largest absolute Gasteiger partial charge is 0.379 e. The minimum atomic E-state index is -4.11. The van der Waals surface area contributed by atoms with Crippen LogP contribution in [0.3, 0.4) is 0 Å². The van der Waals surface area contributed by atoms with Crippen LogP contribution in [0.15, 0.2) is 46.7 Å². The number of carbonyl (C=O) groups is 1. The highest BCUT2D eigenvalue weighted by atomic mass is 35.5. The summed E-state index contributed by atoms with van der Waals surface area (Å²) in [6.45, 7) is 2.71. The van der Waals surface area contributed by atoms with Crippen molar-refractivity contribution in [2.75, 3.05) is 58.2 Å². The molecule has 11 nitrogen and oxygen atoms in total. The number of benzene rings is 1. The smallest absolute Gasteiger partial charge is 0.263 e. The van der Waals surface area contributed by atoms with E-state index < -0.39 is 32.0 Å². The number of sulfonamides is 2. The van der Waals surface area contributed by atoms with E-state index in [1.807, 2.05) is 30.3 Å². The summed E-state index contributed by atoms with van der Waals surface area (Å²) in [7, 11) is -7.84. The highest BCUT2D eigenvalue weighted by Gasteiger charge is 2.43. The lowest BCUT2D eigenvalue weighted by Gasteiger charge is -2.38. The van der Waals surface area contributed by atoms with E-state index in [1.165, 1.54) is 11.5 Å². The number of hydrogen-bond donors (Lipinski definition) is 2. The second-order valence-corrected chi connectivity index (χ2v) is 13.9. The topological polar surface area (TPSA) is 137 Å². The first-order valence-corrected chi connectivity index (χ1v) is 15.5. The van der Waals surface area contributed by atoms with Crippen molar-refractivity contribution >= 4 is 49.7 Å². The molecule has 0 bridgehead atoms. The van der Waals surface area contributed by atoms with Gasteiger partial charge in [-0.05, 0) is 30.7 Å². The monoisotopic (exact) mass is 594 g/mol. The number of nitrogens with one attached hydrogen (secondary N) is 1. The number of hydroxylamine groups is 1. The molecule has 206 valence electrons. The highest BCUT2D eigenvalue weighted by molar-refractivity contribution is 7.91. The average molecular weight is 595 g/mol. The summed E-state index contributed by atoms with van der Waals surface area (Å²) < 4.78 is 60.4. The summed E-state index contributed by atoms with van der Waals surface area (Å²) in [4.78, 5) is 15.4. The zero-order chi connectivity index (χ0) is 25.8. The SMILES string of the molecule is Cl.O=C(NO)C1CN(S(=O)(=O)CCCN2CCOCC2)CCN1S(=O)(=O)c1ccc(-c2ccccc2)s1. The predicted molar refractivity (Wildman–Crippen MR) is 142 cm³/mol. The molecule has 1 aromatic carbocycles. The molecule has 2 aliphatic heterocycles. The molecule has 0 radical (unpaired) electrons. The zero-order valence-electron chi connectivity index (χ0n) is 20.1. The van der Waals surface area contributed by atoms with Gasteiger partial charge in [0.25, 0.3) is 15.9 Å². The van der Waals surface area contributed by atoms with Gasteiger partial charge in [0, 0.05) is 37.6 Å². The Hall–Kier alpha value is -1.62. The van der Waals surface area contributed by atoms with Crippen molar-refractivity contribution in [1.29, 1.82) is 0 Å². The Kier molecular flexibility index (Phi) is 10.5. The predicted octanol–water partition coefficient (Wildman–Crippen LogP) is 1.07. The molecular formula is C22H31ClN4O7S3. The molecule has 1 atom stereocenters. The standard InChI is InChI=1S/C22H30N4O7S3.ClH/c27-22(23-28)19-17-25(35(29,30)16-4-9-24-12-14-33-15-13-24)10-11-26(19)36(31,32)21-8-7-20(34-21)18-5-2-1-3-6-18;/h1-3,5-8,19,28H,4,9-17H2,(H,23,27);1H. The van der Waals surface area contributed by atoms with E-state index in [-0.39, 0.29) is 42.0 Å². The van der Waals surface area contributed by atoms with Crippen LogP contribution in [0.2, 0.25) is 0 Å². The lowest BCUT2D eigenvalue weighted by atomic mass is 10.2. The first kappa shape index (κ1) is 29.9. The summed E-state index contributed by atoms with van der Waals surface area (Å²) >= 11 is 1.07. The van der Waals surface area contributed by atoms with E-state index in [2.05, 4.69) is 4.90 Å². The number of hydrogen-bond acceptors (Lipinski definition) is 9. The van der Waals surface area contributed by atoms with Gasteiger partial charge in [-0.25, -0.2) is 22.3 Å². The molecule has 0 aliphatic carbocycles. The highest BCUT2D eigenvalue weighted by Crippen LogP contribution is 2.33. The van der Waals surface area contributed by atoms with Crippen molar-refractivity contribution in [2.24, 2.45) is 0 Å². The molecule has 2 fully saturated rings. The van der Waals surface area contributed by atoms with Gasteiger partial charge in [-0.15, -0.1) is 23.7 Å². The third-order valence-electron chi connectivity index (χ3n) is 6.28. The zero-order valence-corrected chi connectivity index (χ0v) is 23.3. The summed E-state index contributed by atoms with van der Waals surface area (Å²) in [5.74, 6) is -1.10. The quantitative estimate of drug-likeness (QED) is 0.325. The minimum absolute atomic E-state index is 0. The second-order valence-electron chi connectivity index (χ2n) is 8.57. The molecule has 0 saturated carbocycles. The van der Waals surface area contributed by atoms with Gasteiger partial charge in [0.1, 0.15) is 10.3 Å². The third kappa shape index (κ3) is 7.07. The molecule has 4 rings (SSSR count). The normalized spacial score (nSPS) is 20.3. The molecule has 1 unspecified atom stereocenters. The number of thiophene rings is 1. The van der Waals surface area contributed by atoms with Gasteiger partial charge in [-0.2, -0.15) is 8.61 Å². The van der Waals surface area contributed by atoms with E-state index >= 15 is 0 Å². The van der Waals surface area contributed by atoms with E-state index in [0.717, 1.165) is 43.5 Å². The van der Waals surface area contributed by atoms with Crippen LogP contribution >= 0.6 is 23.7 Å². The number of amides is 1. The fraction of sp³-hybridized carbons (Fsp3) is 0.500. The van der Waals surface area contributed by atoms with Crippen LogP contribution in [-0.4, -0.2) is 106 Å². The number of rotatable bonds is 9. The maximum Gasteiger partial charge on any atom is 0.263 e. The van der Waals surface area contributed by atoms with Crippen LogP contribution in [-0.2, 0) is 29.6 Å². The van der Waals surface area contributed by atoms with Gasteiger partial charge in [-0.1, -0.05) is 30.3 Å².